The number of aromatic nitrogens is 2. The van der Waals surface area contributed by atoms with E-state index in [0.29, 0.717) is 17.1 Å². The van der Waals surface area contributed by atoms with Crippen molar-refractivity contribution in [2.45, 2.75) is 25.4 Å². The van der Waals surface area contributed by atoms with Crippen molar-refractivity contribution >= 4 is 27.6 Å². The minimum absolute atomic E-state index is 0.108. The van der Waals surface area contributed by atoms with Crippen molar-refractivity contribution in [2.24, 2.45) is 0 Å². The molecule has 1 aromatic heterocycles. The van der Waals surface area contributed by atoms with E-state index in [1.54, 1.807) is 10.8 Å². The lowest BCUT2D eigenvalue weighted by molar-refractivity contribution is -0.111. The Labute approximate surface area is 169 Å². The summed E-state index contributed by atoms with van der Waals surface area (Å²) in [6.45, 7) is 3.98. The molecule has 1 N–H and O–H groups in total. The van der Waals surface area contributed by atoms with Gasteiger partial charge in [0.1, 0.15) is 5.82 Å². The summed E-state index contributed by atoms with van der Waals surface area (Å²) in [6.07, 6.45) is 3.15. The van der Waals surface area contributed by atoms with E-state index >= 15 is 0 Å². The number of hydrogen-bond donors (Lipinski definition) is 1. The molecule has 1 aliphatic rings. The first-order valence-corrected chi connectivity index (χ1v) is 11.1. The number of carbonyl (C=O) groups is 1. The number of aryl methyl sites for hydroxylation is 1. The Bertz CT molecular complexity index is 1230. The molecule has 0 spiro atoms. The number of fused-ring (bicyclic) bond motifs is 1. The zero-order valence-corrected chi connectivity index (χ0v) is 17.0. The van der Waals surface area contributed by atoms with E-state index in [1.165, 1.54) is 6.08 Å². The van der Waals surface area contributed by atoms with Crippen LogP contribution in [0, 0.1) is 13.8 Å². The maximum absolute atomic E-state index is 12.6. The Balaban J connectivity index is 1.72. The second kappa shape index (κ2) is 7.33. The van der Waals surface area contributed by atoms with Crippen molar-refractivity contribution in [3.8, 4) is 5.69 Å². The molecule has 2 aromatic carbocycles. The van der Waals surface area contributed by atoms with E-state index < -0.39 is 9.84 Å². The van der Waals surface area contributed by atoms with Gasteiger partial charge in [0.2, 0.25) is 5.91 Å². The Kier molecular flexibility index (Phi) is 4.84. The predicted molar refractivity (Wildman–Crippen MR) is 113 cm³/mol. The average Bonchev–Trinajstić information content (AvgIpc) is 3.15. The van der Waals surface area contributed by atoms with Gasteiger partial charge in [0.05, 0.1) is 22.9 Å². The normalized spacial score (nSPS) is 14.8. The third kappa shape index (κ3) is 3.86. The first-order valence-electron chi connectivity index (χ1n) is 9.26. The lowest BCUT2D eigenvalue weighted by atomic mass is 10.1. The minimum atomic E-state index is -3.24. The monoisotopic (exact) mass is 407 g/mol. The van der Waals surface area contributed by atoms with Gasteiger partial charge in [0, 0.05) is 11.6 Å². The number of rotatable bonds is 4. The van der Waals surface area contributed by atoms with Gasteiger partial charge in [-0.25, -0.2) is 13.1 Å². The molecule has 2 heterocycles. The molecule has 6 nitrogen and oxygen atoms in total. The van der Waals surface area contributed by atoms with Crippen LogP contribution in [0.2, 0.25) is 0 Å². The molecule has 0 aliphatic carbocycles. The third-order valence-corrected chi connectivity index (χ3v) is 6.50. The topological polar surface area (TPSA) is 81.1 Å². The summed E-state index contributed by atoms with van der Waals surface area (Å²) >= 11 is 0. The molecule has 0 unspecified atom stereocenters. The summed E-state index contributed by atoms with van der Waals surface area (Å²) in [6, 6.07) is 15.3. The second-order valence-electron chi connectivity index (χ2n) is 7.17. The van der Waals surface area contributed by atoms with Crippen molar-refractivity contribution < 1.29 is 13.2 Å². The van der Waals surface area contributed by atoms with Gasteiger partial charge < -0.3 is 5.32 Å². The van der Waals surface area contributed by atoms with Gasteiger partial charge >= 0.3 is 0 Å². The van der Waals surface area contributed by atoms with Crippen LogP contribution in [-0.2, 0) is 26.1 Å². The highest BCUT2D eigenvalue weighted by molar-refractivity contribution is 7.90. The summed E-state index contributed by atoms with van der Waals surface area (Å²) in [5.41, 5.74) is 4.89. The Morgan fingerprint density at radius 1 is 1.07 bits per heavy atom. The molecule has 1 amide bonds. The number of anilines is 1. The third-order valence-electron chi connectivity index (χ3n) is 5.06. The SMILES string of the molecule is Cc1cccc(-n2nc3c(c2NC(=O)/C=C/c2ccccc2)CS(=O)(=O)C3)c1C. The summed E-state index contributed by atoms with van der Waals surface area (Å²) in [4.78, 5) is 12.6. The summed E-state index contributed by atoms with van der Waals surface area (Å²) in [5, 5.41) is 7.38. The molecule has 0 bridgehead atoms. The number of carbonyl (C=O) groups excluding carboxylic acids is 1. The Morgan fingerprint density at radius 2 is 1.83 bits per heavy atom. The molecular weight excluding hydrogens is 386 g/mol. The van der Waals surface area contributed by atoms with Gasteiger partial charge in [0.25, 0.3) is 0 Å². The molecule has 29 heavy (non-hydrogen) atoms. The van der Waals surface area contributed by atoms with Crippen molar-refractivity contribution in [2.75, 3.05) is 5.32 Å². The molecule has 7 heteroatoms. The minimum Gasteiger partial charge on any atom is -0.307 e. The molecule has 0 saturated carbocycles. The van der Waals surface area contributed by atoms with E-state index in [2.05, 4.69) is 10.4 Å². The largest absolute Gasteiger partial charge is 0.307 e. The molecule has 0 atom stereocenters. The van der Waals surface area contributed by atoms with Gasteiger partial charge in [-0.2, -0.15) is 5.10 Å². The van der Waals surface area contributed by atoms with Crippen LogP contribution < -0.4 is 5.32 Å². The second-order valence-corrected chi connectivity index (χ2v) is 9.23. The van der Waals surface area contributed by atoms with Crippen molar-refractivity contribution in [3.63, 3.8) is 0 Å². The molecule has 0 radical (unpaired) electrons. The van der Waals surface area contributed by atoms with Crippen LogP contribution in [0.5, 0.6) is 0 Å². The lowest BCUT2D eigenvalue weighted by Gasteiger charge is -2.13. The lowest BCUT2D eigenvalue weighted by Crippen LogP contribution is -2.15. The molecule has 3 aromatic rings. The fraction of sp³-hybridized carbons (Fsp3) is 0.182. The molecule has 0 fully saturated rings. The Morgan fingerprint density at radius 3 is 2.59 bits per heavy atom. The zero-order chi connectivity index (χ0) is 20.6. The van der Waals surface area contributed by atoms with Crippen molar-refractivity contribution in [3.05, 3.63) is 82.6 Å². The van der Waals surface area contributed by atoms with Gasteiger partial charge in [-0.15, -0.1) is 0 Å². The zero-order valence-electron chi connectivity index (χ0n) is 16.2. The molecule has 148 valence electrons. The fourth-order valence-corrected chi connectivity index (χ4v) is 4.90. The highest BCUT2D eigenvalue weighted by atomic mass is 32.2. The van der Waals surface area contributed by atoms with Crippen LogP contribution >= 0.6 is 0 Å². The van der Waals surface area contributed by atoms with Gasteiger partial charge in [0.15, 0.2) is 9.84 Å². The number of nitrogens with zero attached hydrogens (tertiary/aromatic N) is 2. The van der Waals surface area contributed by atoms with Crippen molar-refractivity contribution in [1.29, 1.82) is 0 Å². The highest BCUT2D eigenvalue weighted by Crippen LogP contribution is 2.34. The Hall–Kier alpha value is -3.19. The molecule has 4 rings (SSSR count). The predicted octanol–water partition coefficient (Wildman–Crippen LogP) is 3.57. The van der Waals surface area contributed by atoms with Gasteiger partial charge in [-0.05, 0) is 42.7 Å². The molecule has 1 aliphatic heterocycles. The van der Waals surface area contributed by atoms with E-state index in [0.717, 1.165) is 22.4 Å². The van der Waals surface area contributed by atoms with Crippen LogP contribution in [0.1, 0.15) is 27.9 Å². The van der Waals surface area contributed by atoms with Gasteiger partial charge in [-0.3, -0.25) is 4.79 Å². The maximum atomic E-state index is 12.6. The van der Waals surface area contributed by atoms with Crippen molar-refractivity contribution in [1.82, 2.24) is 9.78 Å². The first kappa shape index (κ1) is 19.1. The highest BCUT2D eigenvalue weighted by Gasteiger charge is 2.33. The van der Waals surface area contributed by atoms with Crippen LogP contribution in [0.25, 0.3) is 11.8 Å². The average molecular weight is 407 g/mol. The molecule has 0 saturated heterocycles. The number of hydrogen-bond acceptors (Lipinski definition) is 4. The quantitative estimate of drug-likeness (QED) is 0.671. The summed E-state index contributed by atoms with van der Waals surface area (Å²) in [7, 11) is -3.24. The van der Waals surface area contributed by atoms with Gasteiger partial charge in [-0.1, -0.05) is 42.5 Å². The standard InChI is InChI=1S/C22H21N3O3S/c1-15-7-6-10-20(16(15)2)25-22(18-13-29(27,28)14-19(18)24-25)23-21(26)12-11-17-8-4-3-5-9-17/h3-12H,13-14H2,1-2H3,(H,23,26)/b12-11+. The van der Waals surface area contributed by atoms with Crippen LogP contribution in [0.4, 0.5) is 5.82 Å². The number of nitrogens with one attached hydrogen (secondary N) is 1. The van der Waals surface area contributed by atoms with E-state index in [4.69, 9.17) is 0 Å². The first-order chi connectivity index (χ1) is 13.8. The number of benzene rings is 2. The van der Waals surface area contributed by atoms with E-state index in [1.807, 2.05) is 62.4 Å². The smallest absolute Gasteiger partial charge is 0.249 e. The maximum Gasteiger partial charge on any atom is 0.249 e. The number of amides is 1. The summed E-state index contributed by atoms with van der Waals surface area (Å²) in [5.74, 6) is -0.154. The molecular formula is C22H21N3O3S. The van der Waals surface area contributed by atoms with Crippen LogP contribution in [0.3, 0.4) is 0 Å². The number of sulfone groups is 1. The van der Waals surface area contributed by atoms with Crippen LogP contribution in [-0.4, -0.2) is 24.1 Å². The summed E-state index contributed by atoms with van der Waals surface area (Å²) < 4.78 is 25.8. The van der Waals surface area contributed by atoms with E-state index in [-0.39, 0.29) is 17.4 Å². The van der Waals surface area contributed by atoms with Crippen LogP contribution in [0.15, 0.2) is 54.6 Å². The van der Waals surface area contributed by atoms with E-state index in [9.17, 15) is 13.2 Å². The fourth-order valence-electron chi connectivity index (χ4n) is 3.40.